The summed E-state index contributed by atoms with van der Waals surface area (Å²) in [5, 5.41) is 0. The van der Waals surface area contributed by atoms with E-state index in [-0.39, 0.29) is 0 Å². The van der Waals surface area contributed by atoms with E-state index < -0.39 is 0 Å². The second-order valence-electron chi connectivity index (χ2n) is 4.87. The number of hydrogen-bond acceptors (Lipinski definition) is 2. The first-order valence-corrected chi connectivity index (χ1v) is 7.06. The van der Waals surface area contributed by atoms with Crippen LogP contribution in [0.3, 0.4) is 0 Å². The quantitative estimate of drug-likeness (QED) is 0.786. The number of methoxy groups -OCH3 is 2. The lowest BCUT2D eigenvalue weighted by molar-refractivity contribution is -0.673. The molecule has 0 aliphatic heterocycles. The Morgan fingerprint density at radius 1 is 1.00 bits per heavy atom. The molecule has 0 amide bonds. The van der Waals surface area contributed by atoms with Crippen LogP contribution < -0.4 is 14.0 Å². The highest BCUT2D eigenvalue weighted by Crippen LogP contribution is 2.28. The van der Waals surface area contributed by atoms with E-state index in [0.29, 0.717) is 0 Å². The molecule has 0 spiro atoms. The third-order valence-electron chi connectivity index (χ3n) is 3.50. The molecule has 0 radical (unpaired) electrons. The van der Waals surface area contributed by atoms with Crippen LogP contribution in [0.15, 0.2) is 36.5 Å². The van der Waals surface area contributed by atoms with Gasteiger partial charge in [0.05, 0.1) is 14.2 Å². The van der Waals surface area contributed by atoms with Crippen molar-refractivity contribution in [1.29, 1.82) is 0 Å². The van der Waals surface area contributed by atoms with E-state index in [4.69, 9.17) is 9.47 Å². The summed E-state index contributed by atoms with van der Waals surface area (Å²) in [6.07, 6.45) is 7.38. The second-order valence-corrected chi connectivity index (χ2v) is 4.87. The van der Waals surface area contributed by atoms with E-state index in [1.807, 2.05) is 18.2 Å². The molecule has 2 rings (SSSR count). The van der Waals surface area contributed by atoms with Crippen LogP contribution >= 0.6 is 0 Å². The molecule has 0 fully saturated rings. The Morgan fingerprint density at radius 2 is 1.76 bits per heavy atom. The van der Waals surface area contributed by atoms with Gasteiger partial charge in [-0.25, -0.2) is 4.57 Å². The normalized spacial score (nSPS) is 10.9. The molecule has 2 aromatic rings. The summed E-state index contributed by atoms with van der Waals surface area (Å²) in [6, 6.07) is 10.2. The third kappa shape index (κ3) is 3.63. The molecule has 0 bridgehead atoms. The summed E-state index contributed by atoms with van der Waals surface area (Å²) < 4.78 is 12.7. The number of aryl methyl sites for hydroxylation is 2. The van der Waals surface area contributed by atoms with Gasteiger partial charge in [0.25, 0.3) is 0 Å². The van der Waals surface area contributed by atoms with Crippen molar-refractivity contribution in [3.63, 3.8) is 0 Å². The Labute approximate surface area is 126 Å². The van der Waals surface area contributed by atoms with Gasteiger partial charge in [-0.1, -0.05) is 13.0 Å². The van der Waals surface area contributed by atoms with Crippen LogP contribution in [-0.2, 0) is 13.5 Å². The van der Waals surface area contributed by atoms with Crippen molar-refractivity contribution in [3.8, 4) is 11.5 Å². The van der Waals surface area contributed by atoms with Crippen molar-refractivity contribution >= 4 is 12.2 Å². The fourth-order valence-corrected chi connectivity index (χ4v) is 2.20. The van der Waals surface area contributed by atoms with E-state index in [9.17, 15) is 0 Å². The maximum absolute atomic E-state index is 5.32. The number of aromatic nitrogens is 1. The molecule has 0 N–H and O–H groups in total. The first kappa shape index (κ1) is 15.1. The minimum Gasteiger partial charge on any atom is -0.493 e. The lowest BCUT2D eigenvalue weighted by atomic mass is 10.1. The van der Waals surface area contributed by atoms with Crippen molar-refractivity contribution in [2.24, 2.45) is 7.05 Å². The van der Waals surface area contributed by atoms with Crippen LogP contribution in [-0.4, -0.2) is 14.2 Å². The number of hydrogen-bond donors (Lipinski definition) is 0. The highest BCUT2D eigenvalue weighted by molar-refractivity contribution is 5.68. The first-order chi connectivity index (χ1) is 10.2. The summed E-state index contributed by atoms with van der Waals surface area (Å²) in [6.45, 7) is 2.16. The third-order valence-corrected chi connectivity index (χ3v) is 3.50. The lowest BCUT2D eigenvalue weighted by Gasteiger charge is -2.07. The molecule has 0 aliphatic rings. The van der Waals surface area contributed by atoms with E-state index in [0.717, 1.165) is 29.2 Å². The molecular weight excluding hydrogens is 262 g/mol. The van der Waals surface area contributed by atoms with Crippen molar-refractivity contribution in [1.82, 2.24) is 0 Å². The van der Waals surface area contributed by atoms with Gasteiger partial charge in [0, 0.05) is 17.7 Å². The molecule has 0 saturated carbocycles. The summed E-state index contributed by atoms with van der Waals surface area (Å²) >= 11 is 0. The Morgan fingerprint density at radius 3 is 2.38 bits per heavy atom. The van der Waals surface area contributed by atoms with Gasteiger partial charge >= 0.3 is 0 Å². The fourth-order valence-electron chi connectivity index (χ4n) is 2.20. The molecule has 21 heavy (non-hydrogen) atoms. The van der Waals surface area contributed by atoms with E-state index in [2.05, 4.69) is 49.0 Å². The topological polar surface area (TPSA) is 22.3 Å². The number of pyridine rings is 1. The van der Waals surface area contributed by atoms with Gasteiger partial charge in [0.2, 0.25) is 5.69 Å². The number of benzene rings is 1. The molecule has 1 aromatic carbocycles. The van der Waals surface area contributed by atoms with Gasteiger partial charge in [-0.2, -0.15) is 0 Å². The average Bonchev–Trinajstić information content (AvgIpc) is 2.53. The zero-order chi connectivity index (χ0) is 15.2. The van der Waals surface area contributed by atoms with E-state index in [1.165, 1.54) is 5.56 Å². The van der Waals surface area contributed by atoms with Crippen molar-refractivity contribution in [3.05, 3.63) is 53.3 Å². The standard InChI is InChI=1S/C18H22NO2/c1-5-14-6-9-16(19(2)13-14)10-7-15-8-11-17(20-3)18(12-15)21-4/h6-13H,5H2,1-4H3/q+1. The van der Waals surface area contributed by atoms with Crippen LogP contribution in [0.25, 0.3) is 12.2 Å². The summed E-state index contributed by atoms with van der Waals surface area (Å²) in [4.78, 5) is 0. The Bertz CT molecular complexity index is 648. The Balaban J connectivity index is 2.25. The zero-order valence-corrected chi connectivity index (χ0v) is 13.1. The van der Waals surface area contributed by atoms with Crippen molar-refractivity contribution in [2.45, 2.75) is 13.3 Å². The Kier molecular flexibility index (Phi) is 4.99. The maximum atomic E-state index is 5.32. The number of nitrogens with zero attached hydrogens (tertiary/aromatic N) is 1. The van der Waals surface area contributed by atoms with Gasteiger partial charge < -0.3 is 9.47 Å². The van der Waals surface area contributed by atoms with Gasteiger partial charge in [0.1, 0.15) is 7.05 Å². The Hall–Kier alpha value is -2.29. The van der Waals surface area contributed by atoms with Crippen LogP contribution in [0.1, 0.15) is 23.7 Å². The van der Waals surface area contributed by atoms with E-state index in [1.54, 1.807) is 14.2 Å². The molecule has 3 nitrogen and oxygen atoms in total. The van der Waals surface area contributed by atoms with E-state index >= 15 is 0 Å². The highest BCUT2D eigenvalue weighted by atomic mass is 16.5. The highest BCUT2D eigenvalue weighted by Gasteiger charge is 2.05. The smallest absolute Gasteiger partial charge is 0.204 e. The minimum absolute atomic E-state index is 0.741. The molecular formula is C18H22NO2+. The van der Waals surface area contributed by atoms with Crippen LogP contribution in [0.4, 0.5) is 0 Å². The van der Waals surface area contributed by atoms with Gasteiger partial charge in [0.15, 0.2) is 17.7 Å². The van der Waals surface area contributed by atoms with Gasteiger partial charge in [-0.05, 0) is 36.3 Å². The molecule has 0 saturated heterocycles. The minimum atomic E-state index is 0.741. The monoisotopic (exact) mass is 284 g/mol. The maximum Gasteiger partial charge on any atom is 0.204 e. The van der Waals surface area contributed by atoms with Gasteiger partial charge in [-0.3, -0.25) is 0 Å². The SMILES string of the molecule is CCc1ccc(C=Cc2ccc(OC)c(OC)c2)[n+](C)c1. The molecule has 0 atom stereocenters. The number of rotatable bonds is 5. The molecule has 0 aliphatic carbocycles. The second kappa shape index (κ2) is 6.93. The zero-order valence-electron chi connectivity index (χ0n) is 13.1. The predicted octanol–water partition coefficient (Wildman–Crippen LogP) is 3.26. The predicted molar refractivity (Wildman–Crippen MR) is 85.5 cm³/mol. The summed E-state index contributed by atoms with van der Waals surface area (Å²) in [5.41, 5.74) is 3.56. The van der Waals surface area contributed by atoms with Crippen molar-refractivity contribution in [2.75, 3.05) is 14.2 Å². The molecule has 3 heteroatoms. The number of ether oxygens (including phenoxy) is 2. The van der Waals surface area contributed by atoms with Crippen LogP contribution in [0.5, 0.6) is 11.5 Å². The van der Waals surface area contributed by atoms with Crippen LogP contribution in [0, 0.1) is 0 Å². The molecule has 0 unspecified atom stereocenters. The van der Waals surface area contributed by atoms with Gasteiger partial charge in [-0.15, -0.1) is 0 Å². The molecule has 1 heterocycles. The van der Waals surface area contributed by atoms with Crippen molar-refractivity contribution < 1.29 is 14.0 Å². The van der Waals surface area contributed by atoms with Crippen LogP contribution in [0.2, 0.25) is 0 Å². The average molecular weight is 284 g/mol. The largest absolute Gasteiger partial charge is 0.493 e. The first-order valence-electron chi connectivity index (χ1n) is 7.06. The molecule has 1 aromatic heterocycles. The summed E-state index contributed by atoms with van der Waals surface area (Å²) in [7, 11) is 5.35. The summed E-state index contributed by atoms with van der Waals surface area (Å²) in [5.74, 6) is 1.48. The fraction of sp³-hybridized carbons (Fsp3) is 0.278. The molecule has 110 valence electrons. The lowest BCUT2D eigenvalue weighted by Crippen LogP contribution is -2.31.